The zero-order valence-corrected chi connectivity index (χ0v) is 11.8. The van der Waals surface area contributed by atoms with E-state index in [4.69, 9.17) is 5.11 Å². The highest BCUT2D eigenvalue weighted by Crippen LogP contribution is 2.22. The molecule has 0 radical (unpaired) electrons. The summed E-state index contributed by atoms with van der Waals surface area (Å²) in [6.07, 6.45) is 1.09. The largest absolute Gasteiger partial charge is 0.384 e. The Morgan fingerprint density at radius 3 is 3.10 bits per heavy atom. The van der Waals surface area contributed by atoms with Gasteiger partial charge in [-0.25, -0.2) is 4.39 Å². The van der Waals surface area contributed by atoms with Crippen LogP contribution in [0.3, 0.4) is 0 Å². The number of thioether (sulfide) groups is 1. The molecule has 1 fully saturated rings. The summed E-state index contributed by atoms with van der Waals surface area (Å²) in [6.45, 7) is 0.316. The fraction of sp³-hybridized carbons (Fsp3) is 0.400. The molecular weight excluding hydrogens is 277 g/mol. The van der Waals surface area contributed by atoms with Gasteiger partial charge in [0.15, 0.2) is 0 Å². The minimum atomic E-state index is -0.558. The molecule has 0 aliphatic carbocycles. The van der Waals surface area contributed by atoms with E-state index in [-0.39, 0.29) is 12.2 Å². The van der Waals surface area contributed by atoms with Crippen LogP contribution in [0.15, 0.2) is 18.2 Å². The van der Waals surface area contributed by atoms with Gasteiger partial charge in [-0.15, -0.1) is 0 Å². The molecule has 2 rings (SSSR count). The molecule has 1 aromatic rings. The molecule has 1 atom stereocenters. The van der Waals surface area contributed by atoms with E-state index in [9.17, 15) is 9.18 Å². The van der Waals surface area contributed by atoms with E-state index in [1.54, 1.807) is 0 Å². The molecule has 0 bridgehead atoms. The lowest BCUT2D eigenvalue weighted by Gasteiger charge is -2.10. The van der Waals surface area contributed by atoms with Crippen molar-refractivity contribution >= 4 is 17.7 Å². The highest BCUT2D eigenvalue weighted by Gasteiger charge is 2.18. The molecular formula is C15H16FNO2S. The highest BCUT2D eigenvalue weighted by atomic mass is 32.2. The molecule has 0 spiro atoms. The third-order valence-electron chi connectivity index (χ3n) is 3.10. The molecule has 1 aromatic carbocycles. The maximum atomic E-state index is 13.7. The minimum absolute atomic E-state index is 0.000361. The maximum Gasteiger partial charge on any atom is 0.254 e. The fourth-order valence-electron chi connectivity index (χ4n) is 2.00. The predicted octanol–water partition coefficient (Wildman–Crippen LogP) is 1.65. The summed E-state index contributed by atoms with van der Waals surface area (Å²) in [5.74, 6) is 6.82. The van der Waals surface area contributed by atoms with Crippen LogP contribution in [-0.4, -0.2) is 35.7 Å². The number of aliphatic hydroxyl groups is 1. The van der Waals surface area contributed by atoms with E-state index in [1.807, 2.05) is 11.8 Å². The third kappa shape index (κ3) is 3.99. The summed E-state index contributed by atoms with van der Waals surface area (Å²) in [4.78, 5) is 12.0. The quantitative estimate of drug-likeness (QED) is 0.833. The Balaban J connectivity index is 2.03. The molecule has 1 aliphatic heterocycles. The lowest BCUT2D eigenvalue weighted by atomic mass is 10.1. The van der Waals surface area contributed by atoms with Gasteiger partial charge >= 0.3 is 0 Å². The number of hydrogen-bond acceptors (Lipinski definition) is 3. The summed E-state index contributed by atoms with van der Waals surface area (Å²) in [5, 5.41) is 11.4. The smallest absolute Gasteiger partial charge is 0.254 e. The molecule has 2 N–H and O–H groups in total. The van der Waals surface area contributed by atoms with Gasteiger partial charge in [-0.2, -0.15) is 11.8 Å². The first kappa shape index (κ1) is 14.9. The van der Waals surface area contributed by atoms with Crippen molar-refractivity contribution in [1.82, 2.24) is 5.32 Å². The van der Waals surface area contributed by atoms with Gasteiger partial charge in [-0.05, 0) is 42.0 Å². The van der Waals surface area contributed by atoms with Gasteiger partial charge in [-0.3, -0.25) is 4.79 Å². The number of halogens is 1. The first-order chi connectivity index (χ1) is 9.70. The van der Waals surface area contributed by atoms with Crippen LogP contribution in [-0.2, 0) is 0 Å². The molecule has 1 aliphatic rings. The topological polar surface area (TPSA) is 49.3 Å². The SMILES string of the molecule is O=C(NCC1CCSC1)c1cc(C#CCO)ccc1F. The zero-order valence-electron chi connectivity index (χ0n) is 11.0. The molecule has 20 heavy (non-hydrogen) atoms. The molecule has 1 unspecified atom stereocenters. The van der Waals surface area contributed by atoms with Gasteiger partial charge in [-0.1, -0.05) is 11.8 Å². The van der Waals surface area contributed by atoms with E-state index in [1.165, 1.54) is 18.2 Å². The van der Waals surface area contributed by atoms with Crippen molar-refractivity contribution in [2.75, 3.05) is 24.7 Å². The normalized spacial score (nSPS) is 17.4. The Bertz CT molecular complexity index is 545. The van der Waals surface area contributed by atoms with Crippen LogP contribution in [0.25, 0.3) is 0 Å². The number of carbonyl (C=O) groups excluding carboxylic acids is 1. The van der Waals surface area contributed by atoms with Gasteiger partial charge in [0.2, 0.25) is 0 Å². The molecule has 3 nitrogen and oxygen atoms in total. The lowest BCUT2D eigenvalue weighted by Crippen LogP contribution is -2.30. The lowest BCUT2D eigenvalue weighted by molar-refractivity contribution is 0.0944. The summed E-state index contributed by atoms with van der Waals surface area (Å²) in [6, 6.07) is 4.13. The summed E-state index contributed by atoms with van der Waals surface area (Å²) < 4.78 is 13.7. The number of amides is 1. The van der Waals surface area contributed by atoms with Crippen LogP contribution >= 0.6 is 11.8 Å². The molecule has 106 valence electrons. The van der Waals surface area contributed by atoms with Crippen LogP contribution in [0, 0.1) is 23.6 Å². The molecule has 1 saturated heterocycles. The van der Waals surface area contributed by atoms with Crippen molar-refractivity contribution in [3.63, 3.8) is 0 Å². The van der Waals surface area contributed by atoms with E-state index >= 15 is 0 Å². The number of benzene rings is 1. The van der Waals surface area contributed by atoms with Gasteiger partial charge in [0.05, 0.1) is 5.56 Å². The molecule has 1 heterocycles. The highest BCUT2D eigenvalue weighted by molar-refractivity contribution is 7.99. The predicted molar refractivity (Wildman–Crippen MR) is 78.1 cm³/mol. The second-order valence-electron chi connectivity index (χ2n) is 4.59. The Kier molecular flexibility index (Phi) is 5.45. The van der Waals surface area contributed by atoms with Gasteiger partial charge < -0.3 is 10.4 Å². The van der Waals surface area contributed by atoms with Gasteiger partial charge in [0.1, 0.15) is 12.4 Å². The van der Waals surface area contributed by atoms with Crippen LogP contribution in [0.4, 0.5) is 4.39 Å². The van der Waals surface area contributed by atoms with Crippen LogP contribution in [0.2, 0.25) is 0 Å². The second-order valence-corrected chi connectivity index (χ2v) is 5.74. The Morgan fingerprint density at radius 2 is 2.40 bits per heavy atom. The first-order valence-electron chi connectivity index (χ1n) is 6.46. The van der Waals surface area contributed by atoms with Gasteiger partial charge in [0.25, 0.3) is 5.91 Å². The van der Waals surface area contributed by atoms with Gasteiger partial charge in [0, 0.05) is 12.1 Å². The molecule has 0 aromatic heterocycles. The van der Waals surface area contributed by atoms with Crippen LogP contribution in [0.5, 0.6) is 0 Å². The van der Waals surface area contributed by atoms with E-state index in [0.717, 1.165) is 17.9 Å². The third-order valence-corrected chi connectivity index (χ3v) is 4.33. The number of aliphatic hydroxyl groups excluding tert-OH is 1. The van der Waals surface area contributed by atoms with E-state index in [0.29, 0.717) is 18.0 Å². The summed E-state index contributed by atoms with van der Waals surface area (Å²) in [7, 11) is 0. The zero-order chi connectivity index (χ0) is 14.4. The number of hydrogen-bond donors (Lipinski definition) is 2. The molecule has 5 heteroatoms. The van der Waals surface area contributed by atoms with Crippen molar-refractivity contribution in [3.05, 3.63) is 35.1 Å². The average molecular weight is 293 g/mol. The second kappa shape index (κ2) is 7.32. The molecule has 0 saturated carbocycles. The first-order valence-corrected chi connectivity index (χ1v) is 7.61. The Morgan fingerprint density at radius 1 is 1.55 bits per heavy atom. The summed E-state index contributed by atoms with van der Waals surface area (Å²) >= 11 is 1.88. The van der Waals surface area contributed by atoms with E-state index < -0.39 is 11.7 Å². The van der Waals surface area contributed by atoms with Crippen molar-refractivity contribution in [2.24, 2.45) is 5.92 Å². The van der Waals surface area contributed by atoms with Crippen LogP contribution < -0.4 is 5.32 Å². The summed E-state index contributed by atoms with van der Waals surface area (Å²) in [5.41, 5.74) is 0.516. The number of rotatable bonds is 3. The maximum absolute atomic E-state index is 13.7. The van der Waals surface area contributed by atoms with Crippen molar-refractivity contribution in [3.8, 4) is 11.8 Å². The number of nitrogens with one attached hydrogen (secondary N) is 1. The average Bonchev–Trinajstić information content (AvgIpc) is 2.97. The van der Waals surface area contributed by atoms with Crippen LogP contribution in [0.1, 0.15) is 22.3 Å². The molecule has 1 amide bonds. The van der Waals surface area contributed by atoms with Crippen molar-refractivity contribution < 1.29 is 14.3 Å². The Labute approximate surface area is 122 Å². The Hall–Kier alpha value is -1.51. The van der Waals surface area contributed by atoms with Crippen molar-refractivity contribution in [2.45, 2.75) is 6.42 Å². The van der Waals surface area contributed by atoms with Crippen molar-refractivity contribution in [1.29, 1.82) is 0 Å². The monoisotopic (exact) mass is 293 g/mol. The minimum Gasteiger partial charge on any atom is -0.384 e. The number of carbonyl (C=O) groups is 1. The van der Waals surface area contributed by atoms with E-state index in [2.05, 4.69) is 17.2 Å². The fourth-order valence-corrected chi connectivity index (χ4v) is 3.28. The standard InChI is InChI=1S/C15H16FNO2S/c16-14-4-3-11(2-1-6-18)8-13(14)15(19)17-9-12-5-7-20-10-12/h3-4,8,12,18H,5-7,9-10H2,(H,17,19).